The number of nitrogens with one attached hydrogen (secondary N) is 1. The second-order valence-corrected chi connectivity index (χ2v) is 10.8. The molecule has 0 bridgehead atoms. The smallest absolute Gasteiger partial charge is 0.338 e. The first kappa shape index (κ1) is 29.3. The van der Waals surface area contributed by atoms with Gasteiger partial charge in [0.2, 0.25) is 0 Å². The second-order valence-electron chi connectivity index (χ2n) is 10.8. The molecule has 1 aromatic carbocycles. The van der Waals surface area contributed by atoms with E-state index in [1.165, 1.54) is 0 Å². The number of carbonyl (C=O) groups excluding carboxylic acids is 1. The van der Waals surface area contributed by atoms with Crippen molar-refractivity contribution in [3.05, 3.63) is 24.3 Å². The fourth-order valence-corrected chi connectivity index (χ4v) is 3.88. The van der Waals surface area contributed by atoms with Crippen LogP contribution in [0.3, 0.4) is 0 Å². The lowest BCUT2D eigenvalue weighted by Crippen LogP contribution is -2.59. The fraction of sp³-hybridized carbons (Fsp3) is 0.731. The van der Waals surface area contributed by atoms with Gasteiger partial charge in [-0.3, -0.25) is 0 Å². The van der Waals surface area contributed by atoms with Crippen molar-refractivity contribution in [3.63, 3.8) is 0 Å². The van der Waals surface area contributed by atoms with Crippen molar-refractivity contribution in [2.75, 3.05) is 39.9 Å². The molecule has 0 spiro atoms. The van der Waals surface area contributed by atoms with Gasteiger partial charge < -0.3 is 38.5 Å². The third kappa shape index (κ3) is 8.61. The van der Waals surface area contributed by atoms with E-state index in [0.29, 0.717) is 19.0 Å². The number of anilines is 1. The van der Waals surface area contributed by atoms with Gasteiger partial charge in [-0.05, 0) is 72.7 Å². The Morgan fingerprint density at radius 1 is 0.943 bits per heavy atom. The van der Waals surface area contributed by atoms with E-state index < -0.39 is 47.3 Å². The van der Waals surface area contributed by atoms with E-state index in [4.69, 9.17) is 33.2 Å². The summed E-state index contributed by atoms with van der Waals surface area (Å²) in [7, 11) is 4.80. The summed E-state index contributed by atoms with van der Waals surface area (Å²) in [5, 5.41) is 3.41. The minimum Gasteiger partial charge on any atom is -0.497 e. The molecule has 1 aromatic rings. The number of carbonyl (C=O) groups is 1. The lowest BCUT2D eigenvalue weighted by Gasteiger charge is -2.41. The Kier molecular flexibility index (Phi) is 9.96. The Balaban J connectivity index is 2.53. The van der Waals surface area contributed by atoms with Crippen LogP contribution in [0.4, 0.5) is 5.69 Å². The van der Waals surface area contributed by atoms with E-state index in [1.54, 1.807) is 28.3 Å². The lowest BCUT2D eigenvalue weighted by molar-refractivity contribution is -0.219. The minimum absolute atomic E-state index is 0.302. The van der Waals surface area contributed by atoms with Crippen LogP contribution in [0.5, 0.6) is 5.75 Å². The number of hydrogen-bond acceptors (Lipinski definition) is 9. The largest absolute Gasteiger partial charge is 0.497 e. The Hall–Kier alpha value is -1.91. The van der Waals surface area contributed by atoms with Crippen LogP contribution in [-0.4, -0.2) is 81.9 Å². The number of esters is 1. The molecule has 0 saturated carbocycles. The number of benzene rings is 1. The molecule has 1 heterocycles. The highest BCUT2D eigenvalue weighted by Crippen LogP contribution is 2.37. The first-order chi connectivity index (χ1) is 16.2. The van der Waals surface area contributed by atoms with Crippen molar-refractivity contribution in [1.29, 1.82) is 0 Å². The Bertz CT molecular complexity index is 785. The number of rotatable bonds is 11. The van der Waals surface area contributed by atoms with E-state index in [-0.39, 0.29) is 0 Å². The van der Waals surface area contributed by atoms with Gasteiger partial charge in [-0.2, -0.15) is 0 Å². The summed E-state index contributed by atoms with van der Waals surface area (Å²) in [5.41, 5.74) is -0.640. The quantitative estimate of drug-likeness (QED) is 0.458. The third-order valence-corrected chi connectivity index (χ3v) is 5.25. The summed E-state index contributed by atoms with van der Waals surface area (Å²) in [6.45, 7) is 13.5. The third-order valence-electron chi connectivity index (χ3n) is 5.25. The first-order valence-corrected chi connectivity index (χ1v) is 11.9. The molecule has 2 rings (SSSR count). The van der Waals surface area contributed by atoms with E-state index in [0.717, 1.165) is 5.69 Å². The van der Waals surface area contributed by atoms with Crippen LogP contribution in [0, 0.1) is 0 Å². The number of ether oxygens (including phenoxy) is 7. The highest BCUT2D eigenvalue weighted by Gasteiger charge is 2.55. The molecule has 0 radical (unpaired) electrons. The molecular formula is C26H43NO8. The van der Waals surface area contributed by atoms with E-state index in [1.807, 2.05) is 65.8 Å². The van der Waals surface area contributed by atoms with E-state index in [9.17, 15) is 4.79 Å². The molecule has 0 amide bonds. The molecule has 0 aromatic heterocycles. The highest BCUT2D eigenvalue weighted by molar-refractivity contribution is 5.77. The van der Waals surface area contributed by atoms with Crippen molar-refractivity contribution >= 4 is 11.7 Å². The van der Waals surface area contributed by atoms with Crippen LogP contribution in [0.25, 0.3) is 0 Å². The van der Waals surface area contributed by atoms with Crippen LogP contribution in [-0.2, 0) is 33.2 Å². The molecule has 1 aliphatic rings. The summed E-state index contributed by atoms with van der Waals surface area (Å²) < 4.78 is 40.9. The zero-order valence-corrected chi connectivity index (χ0v) is 22.8. The predicted molar refractivity (Wildman–Crippen MR) is 133 cm³/mol. The van der Waals surface area contributed by atoms with Gasteiger partial charge in [0.15, 0.2) is 11.9 Å². The summed E-state index contributed by atoms with van der Waals surface area (Å²) in [6.07, 6.45) is -1.87. The molecular weight excluding hydrogens is 454 g/mol. The molecule has 35 heavy (non-hydrogen) atoms. The Labute approximate surface area is 209 Å². The molecule has 1 N–H and O–H groups in total. The summed E-state index contributed by atoms with van der Waals surface area (Å²) in [4.78, 5) is 13.5. The number of methoxy groups -OCH3 is 3. The molecule has 200 valence electrons. The van der Waals surface area contributed by atoms with Crippen LogP contribution >= 0.6 is 0 Å². The summed E-state index contributed by atoms with van der Waals surface area (Å²) in [6, 6.07) is 6.57. The minimum atomic E-state index is -1.28. The zero-order chi connectivity index (χ0) is 26.4. The summed E-state index contributed by atoms with van der Waals surface area (Å²) >= 11 is 0. The van der Waals surface area contributed by atoms with Gasteiger partial charge in [-0.1, -0.05) is 0 Å². The first-order valence-electron chi connectivity index (χ1n) is 11.9. The normalized spacial score (nSPS) is 21.9. The van der Waals surface area contributed by atoms with Gasteiger partial charge in [0.05, 0.1) is 25.9 Å². The molecule has 0 aliphatic carbocycles. The maximum atomic E-state index is 13.5. The van der Waals surface area contributed by atoms with Gasteiger partial charge in [0.25, 0.3) is 0 Å². The Morgan fingerprint density at radius 2 is 1.46 bits per heavy atom. The zero-order valence-electron chi connectivity index (χ0n) is 22.8. The topological polar surface area (TPSA) is 93.7 Å². The molecule has 9 nitrogen and oxygen atoms in total. The molecule has 1 saturated heterocycles. The second kappa shape index (κ2) is 11.9. The molecule has 1 fully saturated rings. The molecule has 1 aliphatic heterocycles. The SMILES string of the molecule is COC[C@@H]1OC(C)([C@H](Nc2ccc(OC)cc2)[C@@H](OC(C)(C)C)C(=O)OC(C)(C)C)O[C@H]1COC. The molecule has 0 unspecified atom stereocenters. The monoisotopic (exact) mass is 497 g/mol. The van der Waals surface area contributed by atoms with Crippen molar-refractivity contribution in [2.24, 2.45) is 0 Å². The molecule has 4 atom stereocenters. The standard InChI is InChI=1S/C26H43NO8/c1-24(2,3)34-21(23(28)35-25(4,5)6)22(27-17-11-13-18(31-10)14-12-17)26(7)32-19(15-29-8)20(33-26)16-30-9/h11-14,19-22,27H,15-16H2,1-10H3/t19-,20-,21+,22+/m0/s1. The van der Waals surface area contributed by atoms with E-state index >= 15 is 0 Å². The fourth-order valence-electron chi connectivity index (χ4n) is 3.88. The van der Waals surface area contributed by atoms with Gasteiger partial charge in [0, 0.05) is 19.9 Å². The van der Waals surface area contributed by atoms with Crippen LogP contribution in [0.1, 0.15) is 48.5 Å². The van der Waals surface area contributed by atoms with Crippen molar-refractivity contribution in [1.82, 2.24) is 0 Å². The van der Waals surface area contributed by atoms with Crippen molar-refractivity contribution in [3.8, 4) is 5.75 Å². The average molecular weight is 498 g/mol. The van der Waals surface area contributed by atoms with Crippen LogP contribution in [0.2, 0.25) is 0 Å². The van der Waals surface area contributed by atoms with Gasteiger partial charge in [-0.15, -0.1) is 0 Å². The van der Waals surface area contributed by atoms with Gasteiger partial charge in [0.1, 0.15) is 29.6 Å². The van der Waals surface area contributed by atoms with Crippen molar-refractivity contribution < 1.29 is 38.0 Å². The maximum absolute atomic E-state index is 13.5. The highest BCUT2D eigenvalue weighted by atomic mass is 16.8. The van der Waals surface area contributed by atoms with Gasteiger partial charge in [-0.25, -0.2) is 4.79 Å². The predicted octanol–water partition coefficient (Wildman–Crippen LogP) is 3.79. The van der Waals surface area contributed by atoms with Crippen LogP contribution < -0.4 is 10.1 Å². The summed E-state index contributed by atoms with van der Waals surface area (Å²) in [5.74, 6) is -1.09. The lowest BCUT2D eigenvalue weighted by atomic mass is 9.99. The van der Waals surface area contributed by atoms with Crippen molar-refractivity contribution in [2.45, 2.75) is 89.8 Å². The maximum Gasteiger partial charge on any atom is 0.338 e. The molecule has 9 heteroatoms. The Morgan fingerprint density at radius 3 is 1.86 bits per heavy atom. The average Bonchev–Trinajstić information content (AvgIpc) is 3.05. The number of hydrogen-bond donors (Lipinski definition) is 1. The van der Waals surface area contributed by atoms with E-state index in [2.05, 4.69) is 5.32 Å². The van der Waals surface area contributed by atoms with Crippen LogP contribution in [0.15, 0.2) is 24.3 Å². The van der Waals surface area contributed by atoms with Gasteiger partial charge >= 0.3 is 5.97 Å².